The van der Waals surface area contributed by atoms with Crippen LogP contribution in [0.2, 0.25) is 0 Å². The quantitative estimate of drug-likeness (QED) is 0.454. The summed E-state index contributed by atoms with van der Waals surface area (Å²) in [5.74, 6) is -0.622. The normalized spacial score (nSPS) is 20.3. The van der Waals surface area contributed by atoms with Crippen molar-refractivity contribution in [3.05, 3.63) is 64.7 Å². The summed E-state index contributed by atoms with van der Waals surface area (Å²) in [4.78, 5) is 43.9. The molecule has 1 aliphatic carbocycles. The van der Waals surface area contributed by atoms with Crippen LogP contribution < -0.4 is 16.0 Å². The van der Waals surface area contributed by atoms with Crippen LogP contribution in [0.5, 0.6) is 0 Å². The van der Waals surface area contributed by atoms with E-state index in [0.717, 1.165) is 40.8 Å². The molecular formula is C31H42N4O3S. The number of hydrogen-bond donors (Lipinski definition) is 3. The van der Waals surface area contributed by atoms with Crippen LogP contribution in [0, 0.1) is 5.41 Å². The molecule has 0 saturated heterocycles. The first kappa shape index (κ1) is 29.2. The van der Waals surface area contributed by atoms with E-state index >= 15 is 0 Å². The van der Waals surface area contributed by atoms with Crippen molar-refractivity contribution < 1.29 is 14.4 Å². The lowest BCUT2D eigenvalue weighted by Crippen LogP contribution is -2.62. The van der Waals surface area contributed by atoms with Gasteiger partial charge in [0.25, 0.3) is 0 Å². The molecule has 0 bridgehead atoms. The van der Waals surface area contributed by atoms with Crippen molar-refractivity contribution in [2.75, 3.05) is 13.3 Å². The van der Waals surface area contributed by atoms with Crippen LogP contribution in [0.1, 0.15) is 68.8 Å². The second-order valence-corrected chi connectivity index (χ2v) is 12.7. The maximum absolute atomic E-state index is 14.3. The summed E-state index contributed by atoms with van der Waals surface area (Å²) in [5.41, 5.74) is 4.02. The zero-order valence-corrected chi connectivity index (χ0v) is 24.8. The van der Waals surface area contributed by atoms with Crippen molar-refractivity contribution in [2.45, 2.75) is 89.0 Å². The molecule has 210 valence electrons. The average molecular weight is 551 g/mol. The van der Waals surface area contributed by atoms with Crippen molar-refractivity contribution in [2.24, 2.45) is 5.41 Å². The smallest absolute Gasteiger partial charge is 0.246 e. The Hall–Kier alpha value is -2.84. The molecule has 0 radical (unpaired) electrons. The third-order valence-electron chi connectivity index (χ3n) is 8.04. The number of carbonyl (C=O) groups excluding carboxylic acids is 3. The summed E-state index contributed by atoms with van der Waals surface area (Å²) in [6, 6.07) is 12.6. The average Bonchev–Trinajstić information content (AvgIpc) is 2.93. The number of benzene rings is 2. The van der Waals surface area contributed by atoms with Gasteiger partial charge in [0, 0.05) is 17.9 Å². The van der Waals surface area contributed by atoms with Crippen LogP contribution in [0.4, 0.5) is 0 Å². The first-order valence-corrected chi connectivity index (χ1v) is 15.1. The standard InChI is InChI=1S/C31H42N4O3S/c1-19(32-5)28(36)34-27(31(2,3)4)30(38)35-18-22-16-23(39-6)15-14-21(22)17-26(35)29(37)33-25-13-9-11-20-10-7-8-12-24(20)25/h7-8,10,12,14-16,19,25-27,32H,9,11,13,17-18H2,1-6H3,(H,33,37)(H,34,36)/t19-,25+,26-,27+/m0/s1. The van der Waals surface area contributed by atoms with E-state index in [9.17, 15) is 14.4 Å². The first-order valence-electron chi connectivity index (χ1n) is 13.9. The molecule has 3 N–H and O–H groups in total. The van der Waals surface area contributed by atoms with E-state index in [2.05, 4.69) is 46.3 Å². The van der Waals surface area contributed by atoms with Gasteiger partial charge in [0.1, 0.15) is 12.1 Å². The van der Waals surface area contributed by atoms with Gasteiger partial charge in [0.05, 0.1) is 12.1 Å². The van der Waals surface area contributed by atoms with E-state index < -0.39 is 23.5 Å². The van der Waals surface area contributed by atoms with Gasteiger partial charge in [-0.3, -0.25) is 14.4 Å². The van der Waals surface area contributed by atoms with E-state index in [1.165, 1.54) is 5.56 Å². The number of nitrogens with zero attached hydrogens (tertiary/aromatic N) is 1. The SMILES string of the molecule is CN[C@@H](C)C(=O)N[C@H](C(=O)N1Cc2cc(SC)ccc2C[C@H]1C(=O)N[C@@H]1CCCc2ccccc21)C(C)(C)C. The number of nitrogens with one attached hydrogen (secondary N) is 3. The van der Waals surface area contributed by atoms with Crippen molar-refractivity contribution in [3.8, 4) is 0 Å². The molecule has 39 heavy (non-hydrogen) atoms. The summed E-state index contributed by atoms with van der Waals surface area (Å²) in [6.45, 7) is 7.91. The molecule has 0 aromatic heterocycles. The molecule has 7 nitrogen and oxygen atoms in total. The number of likely N-dealkylation sites (N-methyl/N-ethyl adjacent to an activating group) is 1. The fourth-order valence-corrected chi connectivity index (χ4v) is 6.00. The molecule has 0 unspecified atom stereocenters. The Morgan fingerprint density at radius 2 is 1.79 bits per heavy atom. The molecule has 2 aromatic carbocycles. The van der Waals surface area contributed by atoms with E-state index in [1.54, 1.807) is 30.6 Å². The van der Waals surface area contributed by atoms with Crippen LogP contribution in [-0.4, -0.2) is 54.1 Å². The predicted molar refractivity (Wildman–Crippen MR) is 156 cm³/mol. The number of carbonyl (C=O) groups is 3. The molecule has 1 aliphatic heterocycles. The minimum absolute atomic E-state index is 0.0748. The van der Waals surface area contributed by atoms with Crippen LogP contribution in [0.3, 0.4) is 0 Å². The minimum Gasteiger partial charge on any atom is -0.347 e. The molecule has 3 amide bonds. The van der Waals surface area contributed by atoms with Gasteiger partial charge in [-0.2, -0.15) is 0 Å². The molecule has 0 spiro atoms. The Kier molecular flexibility index (Phi) is 9.07. The van der Waals surface area contributed by atoms with Crippen LogP contribution in [0.25, 0.3) is 0 Å². The van der Waals surface area contributed by atoms with Gasteiger partial charge in [-0.05, 0) is 79.3 Å². The fourth-order valence-electron chi connectivity index (χ4n) is 5.54. The van der Waals surface area contributed by atoms with Crippen molar-refractivity contribution in [1.82, 2.24) is 20.9 Å². The van der Waals surface area contributed by atoms with Gasteiger partial charge in [-0.1, -0.05) is 51.1 Å². The molecule has 2 aromatic rings. The molecule has 2 aliphatic rings. The summed E-state index contributed by atoms with van der Waals surface area (Å²) in [7, 11) is 1.72. The largest absolute Gasteiger partial charge is 0.347 e. The van der Waals surface area contributed by atoms with Gasteiger partial charge in [0.15, 0.2) is 0 Å². The summed E-state index contributed by atoms with van der Waals surface area (Å²) < 4.78 is 0. The van der Waals surface area contributed by atoms with Gasteiger partial charge in [-0.15, -0.1) is 11.8 Å². The zero-order valence-electron chi connectivity index (χ0n) is 24.0. The highest BCUT2D eigenvalue weighted by Crippen LogP contribution is 2.33. The second kappa shape index (κ2) is 12.1. The fraction of sp³-hybridized carbons (Fsp3) is 0.516. The monoisotopic (exact) mass is 550 g/mol. The summed E-state index contributed by atoms with van der Waals surface area (Å²) in [6.07, 6.45) is 5.37. The molecule has 0 fully saturated rings. The van der Waals surface area contributed by atoms with E-state index in [-0.39, 0.29) is 23.8 Å². The lowest BCUT2D eigenvalue weighted by molar-refractivity contribution is -0.147. The molecule has 4 rings (SSSR count). The lowest BCUT2D eigenvalue weighted by atomic mass is 9.83. The van der Waals surface area contributed by atoms with Crippen LogP contribution >= 0.6 is 11.8 Å². The Morgan fingerprint density at radius 1 is 1.05 bits per heavy atom. The number of aryl methyl sites for hydroxylation is 1. The molecule has 4 atom stereocenters. The molecule has 8 heteroatoms. The highest BCUT2D eigenvalue weighted by atomic mass is 32.2. The number of thioether (sulfide) groups is 1. The highest BCUT2D eigenvalue weighted by molar-refractivity contribution is 7.98. The lowest BCUT2D eigenvalue weighted by Gasteiger charge is -2.42. The number of fused-ring (bicyclic) bond motifs is 2. The summed E-state index contributed by atoms with van der Waals surface area (Å²) >= 11 is 1.65. The predicted octanol–water partition coefficient (Wildman–Crippen LogP) is 3.99. The van der Waals surface area contributed by atoms with E-state index in [0.29, 0.717) is 13.0 Å². The maximum Gasteiger partial charge on any atom is 0.246 e. The van der Waals surface area contributed by atoms with E-state index in [4.69, 9.17) is 0 Å². The Bertz CT molecular complexity index is 1220. The van der Waals surface area contributed by atoms with Crippen molar-refractivity contribution in [3.63, 3.8) is 0 Å². The van der Waals surface area contributed by atoms with E-state index in [1.807, 2.05) is 39.2 Å². The van der Waals surface area contributed by atoms with Gasteiger partial charge in [0.2, 0.25) is 17.7 Å². The Balaban J connectivity index is 1.66. The Labute approximate surface area is 236 Å². The number of rotatable bonds is 7. The third-order valence-corrected chi connectivity index (χ3v) is 8.77. The first-order chi connectivity index (χ1) is 18.5. The van der Waals surface area contributed by atoms with Gasteiger partial charge < -0.3 is 20.9 Å². The second-order valence-electron chi connectivity index (χ2n) is 11.8. The van der Waals surface area contributed by atoms with Crippen LogP contribution in [-0.2, 0) is 33.8 Å². The van der Waals surface area contributed by atoms with Crippen LogP contribution in [0.15, 0.2) is 47.4 Å². The summed E-state index contributed by atoms with van der Waals surface area (Å²) in [5, 5.41) is 9.21. The zero-order chi connectivity index (χ0) is 28.3. The minimum atomic E-state index is -0.781. The third kappa shape index (κ3) is 6.49. The Morgan fingerprint density at radius 3 is 2.49 bits per heavy atom. The topological polar surface area (TPSA) is 90.5 Å². The maximum atomic E-state index is 14.3. The molecule has 1 heterocycles. The van der Waals surface area contributed by atoms with Crippen molar-refractivity contribution in [1.29, 1.82) is 0 Å². The number of hydrogen-bond acceptors (Lipinski definition) is 5. The van der Waals surface area contributed by atoms with Gasteiger partial charge >= 0.3 is 0 Å². The number of amides is 3. The molecular weight excluding hydrogens is 508 g/mol. The van der Waals surface area contributed by atoms with Crippen molar-refractivity contribution >= 4 is 29.5 Å². The molecule has 0 saturated carbocycles. The highest BCUT2D eigenvalue weighted by Gasteiger charge is 2.42. The van der Waals surface area contributed by atoms with Gasteiger partial charge in [-0.25, -0.2) is 0 Å².